The highest BCUT2D eigenvalue weighted by molar-refractivity contribution is 5.90. The minimum Gasteiger partial charge on any atom is -0.345 e. The van der Waals surface area contributed by atoms with Crippen LogP contribution in [0.15, 0.2) is 24.3 Å². The van der Waals surface area contributed by atoms with Gasteiger partial charge in [-0.1, -0.05) is 26.0 Å². The molecule has 0 saturated carbocycles. The predicted molar refractivity (Wildman–Crippen MR) is 119 cm³/mol. The van der Waals surface area contributed by atoms with Gasteiger partial charge >= 0.3 is 6.03 Å². The molecule has 164 valence electrons. The molecule has 6 nitrogen and oxygen atoms in total. The minimum absolute atomic E-state index is 0.0101. The molecule has 0 bridgehead atoms. The Hall–Kier alpha value is -2.08. The van der Waals surface area contributed by atoms with Gasteiger partial charge in [-0.3, -0.25) is 4.79 Å². The van der Waals surface area contributed by atoms with E-state index in [9.17, 15) is 9.59 Å². The van der Waals surface area contributed by atoms with Crippen LogP contribution < -0.4 is 5.32 Å². The molecule has 3 heterocycles. The summed E-state index contributed by atoms with van der Waals surface area (Å²) in [6, 6.07) is 7.88. The Balaban J connectivity index is 1.48. The summed E-state index contributed by atoms with van der Waals surface area (Å²) < 4.78 is 0. The monoisotopic (exact) mass is 412 g/mol. The average molecular weight is 413 g/mol. The number of likely N-dealkylation sites (tertiary alicyclic amines) is 3. The van der Waals surface area contributed by atoms with Gasteiger partial charge in [-0.2, -0.15) is 0 Å². The number of anilines is 1. The number of nitrogens with one attached hydrogen (secondary N) is 1. The third kappa shape index (κ3) is 3.59. The lowest BCUT2D eigenvalue weighted by atomic mass is 9.60. The fourth-order valence-corrected chi connectivity index (χ4v) is 6.10. The molecule has 3 aliphatic heterocycles. The molecular weight excluding hydrogens is 376 g/mol. The first-order valence-electron chi connectivity index (χ1n) is 11.4. The maximum Gasteiger partial charge on any atom is 0.321 e. The summed E-state index contributed by atoms with van der Waals surface area (Å²) in [5, 5.41) is 3.04. The lowest BCUT2D eigenvalue weighted by Crippen LogP contribution is -2.54. The topological polar surface area (TPSA) is 55.9 Å². The Kier molecular flexibility index (Phi) is 5.56. The number of carbonyl (C=O) groups is 2. The molecule has 3 saturated heterocycles. The molecule has 2 spiro atoms. The van der Waals surface area contributed by atoms with Crippen molar-refractivity contribution in [2.24, 2.45) is 16.7 Å². The van der Waals surface area contributed by atoms with Crippen molar-refractivity contribution in [1.29, 1.82) is 0 Å². The highest BCUT2D eigenvalue weighted by Crippen LogP contribution is 2.57. The zero-order valence-electron chi connectivity index (χ0n) is 18.9. The number of urea groups is 1. The van der Waals surface area contributed by atoms with Gasteiger partial charge in [0.05, 0.1) is 5.41 Å². The van der Waals surface area contributed by atoms with Crippen molar-refractivity contribution in [2.45, 2.75) is 40.0 Å². The number of hydrogen-bond acceptors (Lipinski definition) is 3. The van der Waals surface area contributed by atoms with Crippen molar-refractivity contribution in [3.05, 3.63) is 29.8 Å². The number of hydrogen-bond donors (Lipinski definition) is 1. The van der Waals surface area contributed by atoms with Crippen molar-refractivity contribution in [1.82, 2.24) is 14.7 Å². The van der Waals surface area contributed by atoms with Gasteiger partial charge in [0.15, 0.2) is 0 Å². The van der Waals surface area contributed by atoms with Gasteiger partial charge in [-0.05, 0) is 49.8 Å². The number of carbonyl (C=O) groups excluding carboxylic acids is 2. The largest absolute Gasteiger partial charge is 0.345 e. The molecule has 0 aromatic heterocycles. The average Bonchev–Trinajstić information content (AvgIpc) is 3.14. The van der Waals surface area contributed by atoms with E-state index < -0.39 is 0 Å². The van der Waals surface area contributed by atoms with Crippen LogP contribution in [0.2, 0.25) is 0 Å². The summed E-state index contributed by atoms with van der Waals surface area (Å²) in [5.74, 6) is 0.915. The third-order valence-electron chi connectivity index (χ3n) is 7.57. The Bertz CT molecular complexity index is 815. The standard InChI is InChI=1S/C24H36N4O2/c1-18(2)15-27-16-23(24(17-27)10-11-26(4)21(24)29)8-12-28(13-9-23)22(30)25-20-7-5-6-19(3)14-20/h5-7,14,18H,8-13,15-17H2,1-4H3,(H,25,30)/t24-/m0/s1. The lowest BCUT2D eigenvalue weighted by Gasteiger charge is -2.46. The maximum atomic E-state index is 13.3. The normalized spacial score (nSPS) is 26.4. The van der Waals surface area contributed by atoms with Crippen LogP contribution in [-0.2, 0) is 4.79 Å². The van der Waals surface area contributed by atoms with Crippen LogP contribution in [-0.4, -0.2) is 73.0 Å². The molecule has 30 heavy (non-hydrogen) atoms. The van der Waals surface area contributed by atoms with Gasteiger partial charge in [-0.15, -0.1) is 0 Å². The summed E-state index contributed by atoms with van der Waals surface area (Å²) in [4.78, 5) is 32.6. The molecule has 0 unspecified atom stereocenters. The number of benzene rings is 1. The van der Waals surface area contributed by atoms with E-state index in [-0.39, 0.29) is 16.9 Å². The smallest absolute Gasteiger partial charge is 0.321 e. The van der Waals surface area contributed by atoms with E-state index in [1.165, 1.54) is 0 Å². The van der Waals surface area contributed by atoms with Crippen LogP contribution in [0.4, 0.5) is 10.5 Å². The summed E-state index contributed by atoms with van der Waals surface area (Å²) in [7, 11) is 1.94. The van der Waals surface area contributed by atoms with Gasteiger partial charge < -0.3 is 20.0 Å². The number of aryl methyl sites for hydroxylation is 1. The quantitative estimate of drug-likeness (QED) is 0.828. The molecule has 3 amide bonds. The van der Waals surface area contributed by atoms with Crippen LogP contribution in [0, 0.1) is 23.7 Å². The van der Waals surface area contributed by atoms with Gasteiger partial charge in [0, 0.05) is 57.4 Å². The number of fused-ring (bicyclic) bond motifs is 1. The fraction of sp³-hybridized carbons (Fsp3) is 0.667. The molecule has 1 aromatic rings. The predicted octanol–water partition coefficient (Wildman–Crippen LogP) is 3.43. The maximum absolute atomic E-state index is 13.3. The van der Waals surface area contributed by atoms with Crippen molar-refractivity contribution < 1.29 is 9.59 Å². The Morgan fingerprint density at radius 3 is 2.47 bits per heavy atom. The zero-order chi connectivity index (χ0) is 21.5. The second kappa shape index (κ2) is 7.88. The van der Waals surface area contributed by atoms with E-state index in [4.69, 9.17) is 0 Å². The molecule has 0 radical (unpaired) electrons. The third-order valence-corrected chi connectivity index (χ3v) is 7.57. The van der Waals surface area contributed by atoms with Gasteiger partial charge in [0.1, 0.15) is 0 Å². The number of nitrogens with zero attached hydrogens (tertiary/aromatic N) is 3. The molecule has 1 atom stereocenters. The van der Waals surface area contributed by atoms with Gasteiger partial charge in [-0.25, -0.2) is 4.79 Å². The van der Waals surface area contributed by atoms with Crippen LogP contribution in [0.3, 0.4) is 0 Å². The zero-order valence-corrected chi connectivity index (χ0v) is 18.9. The van der Waals surface area contributed by atoms with Crippen LogP contribution in [0.1, 0.15) is 38.7 Å². The van der Waals surface area contributed by atoms with Crippen LogP contribution in [0.5, 0.6) is 0 Å². The molecule has 6 heteroatoms. The molecule has 0 aliphatic carbocycles. The molecule has 3 fully saturated rings. The number of piperidine rings is 1. The molecule has 1 N–H and O–H groups in total. The lowest BCUT2D eigenvalue weighted by molar-refractivity contribution is -0.141. The van der Waals surface area contributed by atoms with Gasteiger partial charge in [0.25, 0.3) is 0 Å². The molecule has 1 aromatic carbocycles. The van der Waals surface area contributed by atoms with Crippen molar-refractivity contribution in [3.8, 4) is 0 Å². The first-order chi connectivity index (χ1) is 14.2. The second-order valence-electron chi connectivity index (χ2n) is 10.2. The van der Waals surface area contributed by atoms with Crippen molar-refractivity contribution >= 4 is 17.6 Å². The van der Waals surface area contributed by atoms with Crippen LogP contribution in [0.25, 0.3) is 0 Å². The van der Waals surface area contributed by atoms with Gasteiger partial charge in [0.2, 0.25) is 5.91 Å². The van der Waals surface area contributed by atoms with E-state index >= 15 is 0 Å². The van der Waals surface area contributed by atoms with E-state index in [0.29, 0.717) is 24.9 Å². The van der Waals surface area contributed by atoms with Crippen molar-refractivity contribution in [3.63, 3.8) is 0 Å². The molecule has 4 rings (SSSR count). The Morgan fingerprint density at radius 2 is 1.87 bits per heavy atom. The molecular formula is C24H36N4O2. The summed E-state index contributed by atoms with van der Waals surface area (Å²) in [6.07, 6.45) is 2.76. The minimum atomic E-state index is -0.268. The number of amides is 3. The molecule has 3 aliphatic rings. The SMILES string of the molecule is Cc1cccc(NC(=O)N2CCC3(CC2)CN(CC(C)C)C[C@]32CCN(C)C2=O)c1. The second-order valence-corrected chi connectivity index (χ2v) is 10.2. The number of rotatable bonds is 3. The van der Waals surface area contributed by atoms with Crippen molar-refractivity contribution in [2.75, 3.05) is 51.6 Å². The van der Waals surface area contributed by atoms with E-state index in [1.807, 2.05) is 48.0 Å². The highest BCUT2D eigenvalue weighted by atomic mass is 16.2. The highest BCUT2D eigenvalue weighted by Gasteiger charge is 2.64. The Labute approximate surface area is 180 Å². The van der Waals surface area contributed by atoms with E-state index in [2.05, 4.69) is 24.1 Å². The Morgan fingerprint density at radius 1 is 1.13 bits per heavy atom. The summed E-state index contributed by atoms with van der Waals surface area (Å²) in [6.45, 7) is 11.7. The first kappa shape index (κ1) is 21.2. The fourth-order valence-electron chi connectivity index (χ4n) is 6.10. The summed E-state index contributed by atoms with van der Waals surface area (Å²) >= 11 is 0. The van der Waals surface area contributed by atoms with E-state index in [0.717, 1.165) is 56.7 Å². The van der Waals surface area contributed by atoms with E-state index in [1.54, 1.807) is 0 Å². The first-order valence-corrected chi connectivity index (χ1v) is 11.4. The summed E-state index contributed by atoms with van der Waals surface area (Å²) in [5.41, 5.74) is 1.69. The van der Waals surface area contributed by atoms with Crippen LogP contribution >= 0.6 is 0 Å².